The Balaban J connectivity index is 1.74. The van der Waals surface area contributed by atoms with Gasteiger partial charge in [0.05, 0.1) is 10.6 Å². The van der Waals surface area contributed by atoms with Crippen LogP contribution >= 0.6 is 0 Å². The molecule has 9 nitrogen and oxygen atoms in total. The van der Waals surface area contributed by atoms with Gasteiger partial charge in [-0.3, -0.25) is 13.9 Å². The number of hydrogen-bond donors (Lipinski definition) is 1. The van der Waals surface area contributed by atoms with Gasteiger partial charge in [0, 0.05) is 19.2 Å². The van der Waals surface area contributed by atoms with Crippen molar-refractivity contribution < 1.29 is 36.3 Å². The first-order chi connectivity index (χ1) is 19.6. The normalized spacial score (nSPS) is 13.3. The van der Waals surface area contributed by atoms with Gasteiger partial charge in [0.15, 0.2) is 11.5 Å². The highest BCUT2D eigenvalue weighted by molar-refractivity contribution is 7.92. The van der Waals surface area contributed by atoms with Gasteiger partial charge < -0.3 is 19.7 Å². The second-order valence-electron chi connectivity index (χ2n) is 9.26. The number of likely N-dealkylation sites (N-methyl/N-ethyl adjacent to an activating group) is 1. The highest BCUT2D eigenvalue weighted by atomic mass is 32.2. The van der Waals surface area contributed by atoms with E-state index < -0.39 is 46.1 Å². The number of amides is 2. The van der Waals surface area contributed by atoms with Gasteiger partial charge in [-0.25, -0.2) is 17.2 Å². The van der Waals surface area contributed by atoms with Gasteiger partial charge in [-0.05, 0) is 67.4 Å². The minimum atomic E-state index is -4.39. The van der Waals surface area contributed by atoms with Crippen molar-refractivity contribution in [3.8, 4) is 11.5 Å². The molecule has 0 aliphatic carbocycles. The molecule has 1 aliphatic rings. The summed E-state index contributed by atoms with van der Waals surface area (Å²) in [5.74, 6) is -1.51. The summed E-state index contributed by atoms with van der Waals surface area (Å²) in [6.07, 6.45) is 0.240. The summed E-state index contributed by atoms with van der Waals surface area (Å²) >= 11 is 0. The molecule has 0 bridgehead atoms. The number of hydrogen-bond acceptors (Lipinski definition) is 6. The zero-order valence-electron chi connectivity index (χ0n) is 22.7. The highest BCUT2D eigenvalue weighted by Crippen LogP contribution is 2.34. The number of fused-ring (bicyclic) bond motifs is 1. The van der Waals surface area contributed by atoms with Crippen LogP contribution < -0.4 is 19.1 Å². The number of benzene rings is 3. The van der Waals surface area contributed by atoms with Gasteiger partial charge in [-0.2, -0.15) is 0 Å². The Morgan fingerprint density at radius 2 is 1.51 bits per heavy atom. The Hall–Kier alpha value is -4.19. The fourth-order valence-electron chi connectivity index (χ4n) is 4.45. The molecule has 12 heteroatoms. The summed E-state index contributed by atoms with van der Waals surface area (Å²) < 4.78 is 67.2. The van der Waals surface area contributed by atoms with Crippen molar-refractivity contribution in [2.75, 3.05) is 30.6 Å². The van der Waals surface area contributed by atoms with E-state index in [-0.39, 0.29) is 35.9 Å². The molecular formula is C29H31F2N3O6S. The number of rotatable bonds is 11. The third-order valence-electron chi connectivity index (χ3n) is 6.50. The van der Waals surface area contributed by atoms with E-state index in [1.54, 1.807) is 13.8 Å². The SMILES string of the molecule is CCNC(=O)[C@@H](CC)N(Cc1ccc(F)cc1)C(=O)CN(c1ccc(F)cc1)S(=O)(=O)c1ccc2c(c1)OCCO2. The summed E-state index contributed by atoms with van der Waals surface area (Å²) in [7, 11) is -4.39. The predicted octanol–water partition coefficient (Wildman–Crippen LogP) is 3.87. The van der Waals surface area contributed by atoms with Gasteiger partial charge in [-0.1, -0.05) is 19.1 Å². The number of nitrogens with zero attached hydrogens (tertiary/aromatic N) is 2. The lowest BCUT2D eigenvalue weighted by atomic mass is 10.1. The zero-order valence-corrected chi connectivity index (χ0v) is 23.5. The third-order valence-corrected chi connectivity index (χ3v) is 8.27. The lowest BCUT2D eigenvalue weighted by Crippen LogP contribution is -2.52. The number of nitrogens with one attached hydrogen (secondary N) is 1. The van der Waals surface area contributed by atoms with Crippen LogP contribution in [0.15, 0.2) is 71.6 Å². The number of ether oxygens (including phenoxy) is 2. The van der Waals surface area contributed by atoms with Crippen LogP contribution in [0.5, 0.6) is 11.5 Å². The molecule has 0 saturated heterocycles. The molecule has 1 N–H and O–H groups in total. The second kappa shape index (κ2) is 13.0. The first-order valence-corrected chi connectivity index (χ1v) is 14.6. The smallest absolute Gasteiger partial charge is 0.264 e. The number of halogens is 2. The van der Waals surface area contributed by atoms with Crippen molar-refractivity contribution in [3.63, 3.8) is 0 Å². The van der Waals surface area contributed by atoms with E-state index in [2.05, 4.69) is 5.32 Å². The molecule has 218 valence electrons. The predicted molar refractivity (Wildman–Crippen MR) is 148 cm³/mol. The van der Waals surface area contributed by atoms with Crippen LogP contribution in [0.3, 0.4) is 0 Å². The van der Waals surface area contributed by atoms with Gasteiger partial charge in [0.25, 0.3) is 10.0 Å². The molecule has 0 spiro atoms. The molecule has 1 heterocycles. The van der Waals surface area contributed by atoms with Crippen LogP contribution in [0.2, 0.25) is 0 Å². The maximum atomic E-state index is 14.0. The number of carbonyl (C=O) groups is 2. The monoisotopic (exact) mass is 587 g/mol. The Morgan fingerprint density at radius 3 is 2.12 bits per heavy atom. The summed E-state index contributed by atoms with van der Waals surface area (Å²) in [4.78, 5) is 28.0. The van der Waals surface area contributed by atoms with Crippen molar-refractivity contribution in [3.05, 3.63) is 83.9 Å². The largest absolute Gasteiger partial charge is 0.486 e. The Kier molecular flexibility index (Phi) is 9.43. The van der Waals surface area contributed by atoms with E-state index in [1.165, 1.54) is 59.5 Å². The van der Waals surface area contributed by atoms with Gasteiger partial charge >= 0.3 is 0 Å². The van der Waals surface area contributed by atoms with Crippen molar-refractivity contribution in [1.82, 2.24) is 10.2 Å². The summed E-state index contributed by atoms with van der Waals surface area (Å²) in [6, 6.07) is 13.3. The number of sulfonamides is 1. The molecule has 0 saturated carbocycles. The van der Waals surface area contributed by atoms with Crippen LogP contribution in [0.25, 0.3) is 0 Å². The van der Waals surface area contributed by atoms with E-state index in [0.29, 0.717) is 24.5 Å². The average molecular weight is 588 g/mol. The van der Waals surface area contributed by atoms with E-state index in [0.717, 1.165) is 16.4 Å². The average Bonchev–Trinajstić information content (AvgIpc) is 2.97. The van der Waals surface area contributed by atoms with E-state index >= 15 is 0 Å². The summed E-state index contributed by atoms with van der Waals surface area (Å²) in [5, 5.41) is 2.71. The molecule has 1 aliphatic heterocycles. The quantitative estimate of drug-likeness (QED) is 0.365. The summed E-state index contributed by atoms with van der Waals surface area (Å²) in [5.41, 5.74) is 0.591. The lowest BCUT2D eigenvalue weighted by Gasteiger charge is -2.33. The van der Waals surface area contributed by atoms with E-state index in [1.807, 2.05) is 0 Å². The molecule has 3 aromatic carbocycles. The Bertz CT molecular complexity index is 1480. The second-order valence-corrected chi connectivity index (χ2v) is 11.1. The first-order valence-electron chi connectivity index (χ1n) is 13.1. The van der Waals surface area contributed by atoms with Crippen molar-refractivity contribution in [1.29, 1.82) is 0 Å². The van der Waals surface area contributed by atoms with Crippen molar-refractivity contribution >= 4 is 27.5 Å². The molecule has 4 rings (SSSR count). The number of anilines is 1. The highest BCUT2D eigenvalue weighted by Gasteiger charge is 2.34. The molecule has 0 aromatic heterocycles. The molecule has 2 amide bonds. The van der Waals surface area contributed by atoms with Crippen LogP contribution in [0.4, 0.5) is 14.5 Å². The lowest BCUT2D eigenvalue weighted by molar-refractivity contribution is -0.140. The van der Waals surface area contributed by atoms with Crippen LogP contribution in [0.1, 0.15) is 25.8 Å². The van der Waals surface area contributed by atoms with E-state index in [4.69, 9.17) is 9.47 Å². The minimum absolute atomic E-state index is 0.0439. The van der Waals surface area contributed by atoms with Crippen LogP contribution in [-0.4, -0.2) is 57.5 Å². The van der Waals surface area contributed by atoms with Gasteiger partial charge in [0.1, 0.15) is 37.4 Å². The van der Waals surface area contributed by atoms with Gasteiger partial charge in [0.2, 0.25) is 11.8 Å². The maximum Gasteiger partial charge on any atom is 0.264 e. The molecule has 3 aromatic rings. The topological polar surface area (TPSA) is 105 Å². The van der Waals surface area contributed by atoms with Crippen molar-refractivity contribution in [2.45, 2.75) is 37.8 Å². The molecular weight excluding hydrogens is 556 g/mol. The number of carbonyl (C=O) groups excluding carboxylic acids is 2. The fraction of sp³-hybridized carbons (Fsp3) is 0.310. The Labute approximate surface area is 237 Å². The van der Waals surface area contributed by atoms with Crippen molar-refractivity contribution in [2.24, 2.45) is 0 Å². The molecule has 0 fully saturated rings. The van der Waals surface area contributed by atoms with Gasteiger partial charge in [-0.15, -0.1) is 0 Å². The third kappa shape index (κ3) is 6.94. The maximum absolute atomic E-state index is 14.0. The van der Waals surface area contributed by atoms with E-state index in [9.17, 15) is 26.8 Å². The zero-order chi connectivity index (χ0) is 29.6. The standard InChI is InChI=1S/C29H31F2N3O6S/c1-3-25(29(36)32-4-2)33(18-20-5-7-21(30)8-6-20)28(35)19-34(23-11-9-22(31)10-12-23)41(37,38)24-13-14-26-27(17-24)40-16-15-39-26/h5-14,17,25H,3-4,15-16,18-19H2,1-2H3,(H,32,36)/t25-/m1/s1. The van der Waals surface area contributed by atoms with Crippen LogP contribution in [-0.2, 0) is 26.2 Å². The minimum Gasteiger partial charge on any atom is -0.486 e. The summed E-state index contributed by atoms with van der Waals surface area (Å²) in [6.45, 7) is 3.60. The molecule has 0 unspecified atom stereocenters. The molecule has 0 radical (unpaired) electrons. The Morgan fingerprint density at radius 1 is 0.902 bits per heavy atom. The van der Waals surface area contributed by atoms with Crippen LogP contribution in [0, 0.1) is 11.6 Å². The fourth-order valence-corrected chi connectivity index (χ4v) is 5.88. The first kappa shape index (κ1) is 29.8. The molecule has 41 heavy (non-hydrogen) atoms. The molecule has 1 atom stereocenters.